The fourth-order valence-electron chi connectivity index (χ4n) is 1.61. The molecule has 104 valence electrons. The maximum Gasteiger partial charge on any atom is 0.235 e. The van der Waals surface area contributed by atoms with E-state index in [0.29, 0.717) is 6.61 Å². The molecule has 0 heterocycles. The van der Waals surface area contributed by atoms with Gasteiger partial charge in [0.15, 0.2) is 0 Å². The predicted molar refractivity (Wildman–Crippen MR) is 87.3 cm³/mol. The summed E-state index contributed by atoms with van der Waals surface area (Å²) < 4.78 is 6.50. The minimum Gasteiger partial charge on any atom is -0.489 e. The topological polar surface area (TPSA) is 38.3 Å². The van der Waals surface area contributed by atoms with Gasteiger partial charge in [0, 0.05) is 4.47 Å². The number of ether oxygens (including phenoxy) is 1. The van der Waals surface area contributed by atoms with Crippen LogP contribution in [-0.4, -0.2) is 11.2 Å². The summed E-state index contributed by atoms with van der Waals surface area (Å²) in [5.74, 6) is 0.654. The first kappa shape index (κ1) is 15.1. The minimum atomic E-state index is -0.0938. The lowest BCUT2D eigenvalue weighted by atomic mass is 10.2. The van der Waals surface area contributed by atoms with Crippen molar-refractivity contribution in [1.82, 2.24) is 0 Å². The summed E-state index contributed by atoms with van der Waals surface area (Å²) in [6, 6.07) is 15.4. The lowest BCUT2D eigenvalue weighted by molar-refractivity contribution is -0.113. The van der Waals surface area contributed by atoms with Crippen molar-refractivity contribution in [3.8, 4) is 5.75 Å². The highest BCUT2D eigenvalue weighted by Crippen LogP contribution is 2.27. The van der Waals surface area contributed by atoms with E-state index in [9.17, 15) is 4.79 Å². The molecule has 0 fully saturated rings. The molecular formula is C15H13Br2NO2. The highest BCUT2D eigenvalue weighted by Gasteiger charge is 2.05. The highest BCUT2D eigenvalue weighted by molar-refractivity contribution is 9.10. The number of alkyl halides is 1. The molecule has 1 amide bonds. The third-order valence-electron chi connectivity index (χ3n) is 2.58. The monoisotopic (exact) mass is 397 g/mol. The first-order valence-corrected chi connectivity index (χ1v) is 7.92. The van der Waals surface area contributed by atoms with Crippen molar-refractivity contribution in [2.24, 2.45) is 0 Å². The zero-order valence-electron chi connectivity index (χ0n) is 10.6. The number of carbonyl (C=O) groups is 1. The van der Waals surface area contributed by atoms with Gasteiger partial charge in [-0.1, -0.05) is 46.3 Å². The summed E-state index contributed by atoms with van der Waals surface area (Å²) in [4.78, 5) is 11.3. The predicted octanol–water partition coefficient (Wildman–Crippen LogP) is 4.36. The number of nitrogens with one attached hydrogen (secondary N) is 1. The summed E-state index contributed by atoms with van der Waals surface area (Å²) in [7, 11) is 0. The molecule has 2 rings (SSSR count). The van der Waals surface area contributed by atoms with Gasteiger partial charge in [-0.2, -0.15) is 0 Å². The lowest BCUT2D eigenvalue weighted by Gasteiger charge is -2.10. The molecule has 0 aliphatic rings. The van der Waals surface area contributed by atoms with Crippen LogP contribution in [0.5, 0.6) is 5.75 Å². The number of carbonyl (C=O) groups excluding carboxylic acids is 1. The molecule has 1 N–H and O–H groups in total. The third kappa shape index (κ3) is 4.35. The molecule has 0 atom stereocenters. The summed E-state index contributed by atoms with van der Waals surface area (Å²) in [6.07, 6.45) is 0. The second kappa shape index (κ2) is 7.45. The van der Waals surface area contributed by atoms with Crippen LogP contribution in [0, 0.1) is 0 Å². The van der Waals surface area contributed by atoms with Crippen LogP contribution >= 0.6 is 31.9 Å². The lowest BCUT2D eigenvalue weighted by Crippen LogP contribution is -2.12. The van der Waals surface area contributed by atoms with Crippen molar-refractivity contribution < 1.29 is 9.53 Å². The summed E-state index contributed by atoms with van der Waals surface area (Å²) >= 11 is 6.53. The summed E-state index contributed by atoms with van der Waals surface area (Å²) in [5.41, 5.74) is 1.84. The Bertz CT molecular complexity index is 588. The number of benzene rings is 2. The van der Waals surface area contributed by atoms with E-state index in [2.05, 4.69) is 37.2 Å². The first-order chi connectivity index (χ1) is 9.69. The Morgan fingerprint density at radius 3 is 2.55 bits per heavy atom. The van der Waals surface area contributed by atoms with E-state index in [1.54, 1.807) is 0 Å². The number of anilines is 1. The molecule has 0 unspecified atom stereocenters. The van der Waals surface area contributed by atoms with Gasteiger partial charge in [0.1, 0.15) is 12.4 Å². The van der Waals surface area contributed by atoms with E-state index < -0.39 is 0 Å². The van der Waals surface area contributed by atoms with Crippen LogP contribution in [-0.2, 0) is 11.4 Å². The van der Waals surface area contributed by atoms with E-state index in [4.69, 9.17) is 4.74 Å². The molecule has 3 nitrogen and oxygen atoms in total. The SMILES string of the molecule is O=C(CBr)Nc1ccc(OCc2ccccc2)cc1Br. The van der Waals surface area contributed by atoms with Gasteiger partial charge in [-0.3, -0.25) is 4.79 Å². The largest absolute Gasteiger partial charge is 0.489 e. The molecule has 0 saturated carbocycles. The molecule has 2 aromatic carbocycles. The Morgan fingerprint density at radius 1 is 1.15 bits per heavy atom. The molecule has 0 saturated heterocycles. The minimum absolute atomic E-state index is 0.0938. The summed E-state index contributed by atoms with van der Waals surface area (Å²) in [6.45, 7) is 0.514. The molecule has 0 spiro atoms. The Kier molecular flexibility index (Phi) is 5.61. The van der Waals surface area contributed by atoms with E-state index in [0.717, 1.165) is 21.5 Å². The fraction of sp³-hybridized carbons (Fsp3) is 0.133. The van der Waals surface area contributed by atoms with E-state index in [-0.39, 0.29) is 11.2 Å². The highest BCUT2D eigenvalue weighted by atomic mass is 79.9. The molecule has 0 radical (unpaired) electrons. The van der Waals surface area contributed by atoms with Crippen LogP contribution in [0.4, 0.5) is 5.69 Å². The zero-order valence-corrected chi connectivity index (χ0v) is 13.8. The maximum atomic E-state index is 11.3. The van der Waals surface area contributed by atoms with Crippen molar-refractivity contribution in [3.05, 3.63) is 58.6 Å². The average molecular weight is 399 g/mol. The normalized spacial score (nSPS) is 10.1. The van der Waals surface area contributed by atoms with Crippen molar-refractivity contribution in [1.29, 1.82) is 0 Å². The fourth-order valence-corrected chi connectivity index (χ4v) is 2.21. The second-order valence-corrected chi connectivity index (χ2v) is 5.51. The van der Waals surface area contributed by atoms with Crippen LogP contribution < -0.4 is 10.1 Å². The summed E-state index contributed by atoms with van der Waals surface area (Å²) in [5, 5.41) is 3.04. The van der Waals surface area contributed by atoms with Crippen molar-refractivity contribution >= 4 is 43.5 Å². The zero-order chi connectivity index (χ0) is 14.4. The molecule has 2 aromatic rings. The van der Waals surface area contributed by atoms with Crippen LogP contribution in [0.2, 0.25) is 0 Å². The third-order valence-corrected chi connectivity index (χ3v) is 3.75. The van der Waals surface area contributed by atoms with Crippen molar-refractivity contribution in [2.45, 2.75) is 6.61 Å². The Balaban J connectivity index is 2.00. The van der Waals surface area contributed by atoms with Gasteiger partial charge in [-0.05, 0) is 39.7 Å². The van der Waals surface area contributed by atoms with E-state index in [1.165, 1.54) is 0 Å². The first-order valence-electron chi connectivity index (χ1n) is 6.01. The van der Waals surface area contributed by atoms with Crippen LogP contribution in [0.25, 0.3) is 0 Å². The Labute approximate surface area is 134 Å². The average Bonchev–Trinajstić information content (AvgIpc) is 2.48. The van der Waals surface area contributed by atoms with Crippen LogP contribution in [0.15, 0.2) is 53.0 Å². The van der Waals surface area contributed by atoms with Crippen LogP contribution in [0.1, 0.15) is 5.56 Å². The van der Waals surface area contributed by atoms with Gasteiger partial charge < -0.3 is 10.1 Å². The Hall–Kier alpha value is -1.33. The standard InChI is InChI=1S/C15H13Br2NO2/c16-9-15(19)18-14-7-6-12(8-13(14)17)20-10-11-4-2-1-3-5-11/h1-8H,9-10H2,(H,18,19). The number of amides is 1. The van der Waals surface area contributed by atoms with Crippen molar-refractivity contribution in [3.63, 3.8) is 0 Å². The molecule has 0 aromatic heterocycles. The van der Waals surface area contributed by atoms with Crippen molar-refractivity contribution in [2.75, 3.05) is 10.6 Å². The van der Waals surface area contributed by atoms with E-state index >= 15 is 0 Å². The number of halogens is 2. The molecular weight excluding hydrogens is 386 g/mol. The number of rotatable bonds is 5. The van der Waals surface area contributed by atoms with E-state index in [1.807, 2.05) is 48.5 Å². The number of hydrogen-bond acceptors (Lipinski definition) is 2. The maximum absolute atomic E-state index is 11.3. The Morgan fingerprint density at radius 2 is 1.90 bits per heavy atom. The van der Waals surface area contributed by atoms with Gasteiger partial charge in [-0.25, -0.2) is 0 Å². The quantitative estimate of drug-likeness (QED) is 0.759. The molecule has 20 heavy (non-hydrogen) atoms. The molecule has 5 heteroatoms. The van der Waals surface area contributed by atoms with Gasteiger partial charge in [0.25, 0.3) is 0 Å². The molecule has 0 aliphatic carbocycles. The molecule has 0 aliphatic heterocycles. The number of hydrogen-bond donors (Lipinski definition) is 1. The van der Waals surface area contributed by atoms with Gasteiger partial charge in [-0.15, -0.1) is 0 Å². The smallest absolute Gasteiger partial charge is 0.235 e. The molecule has 0 bridgehead atoms. The second-order valence-electron chi connectivity index (χ2n) is 4.10. The van der Waals surface area contributed by atoms with Gasteiger partial charge >= 0.3 is 0 Å². The van der Waals surface area contributed by atoms with Gasteiger partial charge in [0.05, 0.1) is 11.0 Å². The van der Waals surface area contributed by atoms with Gasteiger partial charge in [0.2, 0.25) is 5.91 Å². The van der Waals surface area contributed by atoms with Crippen LogP contribution in [0.3, 0.4) is 0 Å².